The molecule has 0 aliphatic carbocycles. The first kappa shape index (κ1) is 17.2. The van der Waals surface area contributed by atoms with Gasteiger partial charge in [-0.3, -0.25) is 9.59 Å². The van der Waals surface area contributed by atoms with Crippen molar-refractivity contribution in [2.75, 3.05) is 20.1 Å². The number of hydrogen-bond donors (Lipinski definition) is 0. The van der Waals surface area contributed by atoms with E-state index in [0.29, 0.717) is 25.4 Å². The van der Waals surface area contributed by atoms with Crippen LogP contribution in [-0.2, 0) is 16.0 Å². The predicted octanol–water partition coefficient (Wildman–Crippen LogP) is 2.88. The van der Waals surface area contributed by atoms with E-state index in [0.717, 1.165) is 19.3 Å². The van der Waals surface area contributed by atoms with Gasteiger partial charge in [0.15, 0.2) is 0 Å². The molecular formula is C18H22ClFN2O2. The van der Waals surface area contributed by atoms with E-state index in [1.165, 1.54) is 12.1 Å². The number of halogens is 2. The van der Waals surface area contributed by atoms with Gasteiger partial charge in [-0.1, -0.05) is 17.7 Å². The van der Waals surface area contributed by atoms with Gasteiger partial charge < -0.3 is 9.80 Å². The Hall–Kier alpha value is -1.62. The van der Waals surface area contributed by atoms with Gasteiger partial charge in [0.25, 0.3) is 0 Å². The molecule has 130 valence electrons. The average molecular weight is 353 g/mol. The SMILES string of the molecule is CN1C(=O)CCC[C@H]2CN(C(=O)Cc3c(F)cccc3Cl)CC[C@H]21. The van der Waals surface area contributed by atoms with Gasteiger partial charge >= 0.3 is 0 Å². The topological polar surface area (TPSA) is 40.6 Å². The third kappa shape index (κ3) is 3.41. The van der Waals surface area contributed by atoms with Crippen LogP contribution in [0.4, 0.5) is 4.39 Å². The third-order valence-electron chi connectivity index (χ3n) is 5.29. The minimum Gasteiger partial charge on any atom is -0.342 e. The molecule has 0 N–H and O–H groups in total. The first-order chi connectivity index (χ1) is 11.5. The van der Waals surface area contributed by atoms with Crippen molar-refractivity contribution >= 4 is 23.4 Å². The van der Waals surface area contributed by atoms with E-state index in [1.54, 1.807) is 11.0 Å². The van der Waals surface area contributed by atoms with Crippen LogP contribution in [0.15, 0.2) is 18.2 Å². The zero-order chi connectivity index (χ0) is 17.3. The van der Waals surface area contributed by atoms with Crippen molar-refractivity contribution in [2.45, 2.75) is 38.1 Å². The van der Waals surface area contributed by atoms with Crippen LogP contribution in [0.25, 0.3) is 0 Å². The highest BCUT2D eigenvalue weighted by Gasteiger charge is 2.37. The Labute approximate surface area is 146 Å². The molecule has 0 unspecified atom stereocenters. The van der Waals surface area contributed by atoms with Crippen molar-refractivity contribution < 1.29 is 14.0 Å². The van der Waals surface area contributed by atoms with Crippen molar-refractivity contribution in [3.63, 3.8) is 0 Å². The lowest BCUT2D eigenvalue weighted by molar-refractivity contribution is -0.136. The Morgan fingerprint density at radius 2 is 2.17 bits per heavy atom. The fraction of sp³-hybridized carbons (Fsp3) is 0.556. The molecule has 0 saturated carbocycles. The number of fused-ring (bicyclic) bond motifs is 1. The summed E-state index contributed by atoms with van der Waals surface area (Å²) in [4.78, 5) is 28.2. The summed E-state index contributed by atoms with van der Waals surface area (Å²) in [5.41, 5.74) is 0.263. The Kier molecular flexibility index (Phi) is 5.09. The predicted molar refractivity (Wildman–Crippen MR) is 90.2 cm³/mol. The quantitative estimate of drug-likeness (QED) is 0.821. The molecular weight excluding hydrogens is 331 g/mol. The second kappa shape index (κ2) is 7.09. The van der Waals surface area contributed by atoms with Gasteiger partial charge in [-0.05, 0) is 37.3 Å². The van der Waals surface area contributed by atoms with Crippen molar-refractivity contribution in [1.29, 1.82) is 0 Å². The molecule has 0 spiro atoms. The second-order valence-electron chi connectivity index (χ2n) is 6.73. The number of rotatable bonds is 2. The van der Waals surface area contributed by atoms with E-state index < -0.39 is 5.82 Å². The standard InChI is InChI=1S/C18H22ClFN2O2/c1-21-16-8-9-22(11-12(16)4-2-7-17(21)23)18(24)10-13-14(19)5-3-6-15(13)20/h3,5-6,12,16H,2,4,7-11H2,1H3/t12-,16+/m0/s1. The lowest BCUT2D eigenvalue weighted by atomic mass is 9.88. The number of amides is 2. The molecule has 1 aromatic rings. The molecule has 2 aliphatic rings. The first-order valence-corrected chi connectivity index (χ1v) is 8.81. The number of likely N-dealkylation sites (tertiary alicyclic amines) is 2. The number of hydrogen-bond acceptors (Lipinski definition) is 2. The summed E-state index contributed by atoms with van der Waals surface area (Å²) in [5, 5.41) is 0.290. The molecule has 1 aromatic carbocycles. The van der Waals surface area contributed by atoms with Crippen molar-refractivity contribution in [1.82, 2.24) is 9.80 Å². The number of piperidine rings is 1. The summed E-state index contributed by atoms with van der Waals surface area (Å²) in [7, 11) is 1.86. The van der Waals surface area contributed by atoms with Crippen molar-refractivity contribution in [3.8, 4) is 0 Å². The van der Waals surface area contributed by atoms with E-state index in [2.05, 4.69) is 0 Å². The maximum absolute atomic E-state index is 13.9. The summed E-state index contributed by atoms with van der Waals surface area (Å²) in [6, 6.07) is 4.68. The van der Waals surface area contributed by atoms with E-state index in [1.807, 2.05) is 11.9 Å². The number of carbonyl (C=O) groups excluding carboxylic acids is 2. The minimum absolute atomic E-state index is 0.0162. The van der Waals surface area contributed by atoms with Gasteiger partial charge in [0.1, 0.15) is 5.82 Å². The third-order valence-corrected chi connectivity index (χ3v) is 5.65. The van der Waals surface area contributed by atoms with E-state index >= 15 is 0 Å². The molecule has 0 bridgehead atoms. The summed E-state index contributed by atoms with van der Waals surface area (Å²) in [6.45, 7) is 1.23. The molecule has 3 rings (SSSR count). The maximum Gasteiger partial charge on any atom is 0.227 e. The minimum atomic E-state index is -0.439. The molecule has 24 heavy (non-hydrogen) atoms. The zero-order valence-electron chi connectivity index (χ0n) is 13.8. The summed E-state index contributed by atoms with van der Waals surface area (Å²) < 4.78 is 13.9. The van der Waals surface area contributed by atoms with Crippen LogP contribution in [0.2, 0.25) is 5.02 Å². The van der Waals surface area contributed by atoms with Gasteiger partial charge in [0.05, 0.1) is 6.42 Å². The molecule has 6 heteroatoms. The van der Waals surface area contributed by atoms with Crippen molar-refractivity contribution in [3.05, 3.63) is 34.6 Å². The van der Waals surface area contributed by atoms with E-state index in [-0.39, 0.29) is 34.9 Å². The molecule has 2 atom stereocenters. The van der Waals surface area contributed by atoms with Crippen LogP contribution in [0.3, 0.4) is 0 Å². The van der Waals surface area contributed by atoms with E-state index in [9.17, 15) is 14.0 Å². The second-order valence-corrected chi connectivity index (χ2v) is 7.14. The largest absolute Gasteiger partial charge is 0.342 e. The number of carbonyl (C=O) groups is 2. The Balaban J connectivity index is 1.68. The monoisotopic (exact) mass is 352 g/mol. The molecule has 0 aromatic heterocycles. The van der Waals surface area contributed by atoms with Gasteiger partial charge in [-0.2, -0.15) is 0 Å². The Morgan fingerprint density at radius 3 is 2.92 bits per heavy atom. The molecule has 2 fully saturated rings. The van der Waals surface area contributed by atoms with Gasteiger partial charge in [0, 0.05) is 43.2 Å². The average Bonchev–Trinajstić information content (AvgIpc) is 2.70. The summed E-state index contributed by atoms with van der Waals surface area (Å²) >= 11 is 6.03. The Morgan fingerprint density at radius 1 is 1.38 bits per heavy atom. The van der Waals surface area contributed by atoms with Crippen LogP contribution < -0.4 is 0 Å². The van der Waals surface area contributed by atoms with Crippen LogP contribution >= 0.6 is 11.6 Å². The summed E-state index contributed by atoms with van der Waals surface area (Å²) in [5.74, 6) is -0.0418. The number of benzene rings is 1. The highest BCUT2D eigenvalue weighted by Crippen LogP contribution is 2.30. The number of nitrogens with zero attached hydrogens (tertiary/aromatic N) is 2. The molecule has 4 nitrogen and oxygen atoms in total. The Bertz CT molecular complexity index is 632. The summed E-state index contributed by atoms with van der Waals surface area (Å²) in [6.07, 6.45) is 3.17. The van der Waals surface area contributed by atoms with Gasteiger partial charge in [-0.15, -0.1) is 0 Å². The molecule has 2 heterocycles. The lowest BCUT2D eigenvalue weighted by Crippen LogP contribution is -2.52. The van der Waals surface area contributed by atoms with Crippen LogP contribution in [0.1, 0.15) is 31.2 Å². The first-order valence-electron chi connectivity index (χ1n) is 8.43. The molecule has 0 radical (unpaired) electrons. The molecule has 2 saturated heterocycles. The van der Waals surface area contributed by atoms with Crippen molar-refractivity contribution in [2.24, 2.45) is 5.92 Å². The lowest BCUT2D eigenvalue weighted by Gasteiger charge is -2.41. The molecule has 2 amide bonds. The molecule has 2 aliphatic heterocycles. The maximum atomic E-state index is 13.9. The highest BCUT2D eigenvalue weighted by atomic mass is 35.5. The zero-order valence-corrected chi connectivity index (χ0v) is 14.6. The highest BCUT2D eigenvalue weighted by molar-refractivity contribution is 6.31. The van der Waals surface area contributed by atoms with Crippen LogP contribution in [0, 0.1) is 11.7 Å². The van der Waals surface area contributed by atoms with Crippen LogP contribution in [0.5, 0.6) is 0 Å². The fourth-order valence-corrected chi connectivity index (χ4v) is 4.11. The normalized spacial score (nSPS) is 24.5. The van der Waals surface area contributed by atoms with E-state index in [4.69, 9.17) is 11.6 Å². The fourth-order valence-electron chi connectivity index (χ4n) is 3.88. The van der Waals surface area contributed by atoms with Gasteiger partial charge in [0.2, 0.25) is 11.8 Å². The smallest absolute Gasteiger partial charge is 0.227 e. The van der Waals surface area contributed by atoms with Crippen LogP contribution in [-0.4, -0.2) is 47.8 Å². The van der Waals surface area contributed by atoms with Gasteiger partial charge in [-0.25, -0.2) is 4.39 Å².